The first-order valence-corrected chi connectivity index (χ1v) is 9.43. The summed E-state index contributed by atoms with van der Waals surface area (Å²) in [6.45, 7) is 1.49. The summed E-state index contributed by atoms with van der Waals surface area (Å²) in [5, 5.41) is 9.48. The third-order valence-electron chi connectivity index (χ3n) is 4.32. The van der Waals surface area contributed by atoms with Crippen LogP contribution in [0.1, 0.15) is 35.3 Å². The molecule has 0 fully saturated rings. The van der Waals surface area contributed by atoms with E-state index in [2.05, 4.69) is 4.99 Å². The summed E-state index contributed by atoms with van der Waals surface area (Å²) >= 11 is 0.634. The Morgan fingerprint density at radius 1 is 1.10 bits per heavy atom. The Bertz CT molecular complexity index is 1260. The number of carboxylic acids is 1. The second kappa shape index (κ2) is 8.17. The maximum absolute atomic E-state index is 13.8. The van der Waals surface area contributed by atoms with Crippen LogP contribution < -0.4 is 4.80 Å². The number of benzene rings is 2. The van der Waals surface area contributed by atoms with Crippen molar-refractivity contribution in [3.63, 3.8) is 0 Å². The van der Waals surface area contributed by atoms with Crippen molar-refractivity contribution < 1.29 is 41.0 Å². The molecule has 0 spiro atoms. The molecule has 0 saturated heterocycles. The molecule has 1 heterocycles. The number of nitrogens with zero attached hydrogens (tertiary/aromatic N) is 2. The van der Waals surface area contributed by atoms with Crippen molar-refractivity contribution >= 4 is 33.4 Å². The van der Waals surface area contributed by atoms with Crippen LogP contribution >= 0.6 is 11.3 Å². The highest BCUT2D eigenvalue weighted by Gasteiger charge is 2.32. The zero-order chi connectivity index (χ0) is 23.1. The molecule has 3 aromatic rings. The number of alkyl halides is 3. The minimum Gasteiger partial charge on any atom is -0.480 e. The number of aliphatic carboxylic acids is 1. The predicted octanol–water partition coefficient (Wildman–Crippen LogP) is 4.92. The van der Waals surface area contributed by atoms with Crippen LogP contribution in [-0.2, 0) is 11.0 Å². The van der Waals surface area contributed by atoms with E-state index in [0.717, 1.165) is 16.7 Å². The van der Waals surface area contributed by atoms with E-state index in [4.69, 9.17) is 0 Å². The topological polar surface area (TPSA) is 71.7 Å². The molecule has 1 amide bonds. The molecule has 12 heteroatoms. The summed E-state index contributed by atoms with van der Waals surface area (Å²) in [5.41, 5.74) is -2.20. The van der Waals surface area contributed by atoms with Gasteiger partial charge in [-0.2, -0.15) is 18.2 Å². The number of amides is 1. The smallest absolute Gasteiger partial charge is 0.416 e. The van der Waals surface area contributed by atoms with Gasteiger partial charge in [0.25, 0.3) is 5.91 Å². The lowest BCUT2D eigenvalue weighted by Crippen LogP contribution is -2.27. The van der Waals surface area contributed by atoms with Gasteiger partial charge in [-0.3, -0.25) is 4.79 Å². The van der Waals surface area contributed by atoms with Crippen molar-refractivity contribution in [2.24, 2.45) is 4.99 Å². The highest BCUT2D eigenvalue weighted by atomic mass is 32.1. The Balaban J connectivity index is 2.26. The van der Waals surface area contributed by atoms with Crippen molar-refractivity contribution in [3.8, 4) is 0 Å². The third kappa shape index (κ3) is 4.48. The van der Waals surface area contributed by atoms with Gasteiger partial charge in [0.15, 0.2) is 16.4 Å². The largest absolute Gasteiger partial charge is 0.480 e. The minimum absolute atomic E-state index is 0.0280. The van der Waals surface area contributed by atoms with E-state index in [1.165, 1.54) is 6.92 Å². The number of carboxylic acid groups (broad SMARTS) is 1. The van der Waals surface area contributed by atoms with Gasteiger partial charge in [0.2, 0.25) is 0 Å². The molecule has 0 bridgehead atoms. The number of aromatic nitrogens is 1. The molecule has 0 aliphatic rings. The quantitative estimate of drug-likeness (QED) is 0.560. The van der Waals surface area contributed by atoms with E-state index in [-0.39, 0.29) is 27.5 Å². The van der Waals surface area contributed by atoms with Gasteiger partial charge in [-0.1, -0.05) is 18.3 Å². The molecule has 1 unspecified atom stereocenters. The molecule has 1 N–H and O–H groups in total. The number of hydrogen-bond acceptors (Lipinski definition) is 3. The van der Waals surface area contributed by atoms with Crippen LogP contribution in [-0.4, -0.2) is 21.6 Å². The molecule has 1 aromatic heterocycles. The molecule has 0 radical (unpaired) electrons. The first-order chi connectivity index (χ1) is 14.4. The third-order valence-corrected chi connectivity index (χ3v) is 5.34. The molecule has 5 nitrogen and oxygen atoms in total. The molecule has 2 aromatic carbocycles. The van der Waals surface area contributed by atoms with E-state index >= 15 is 0 Å². The Morgan fingerprint density at radius 3 is 2.32 bits per heavy atom. The lowest BCUT2D eigenvalue weighted by Gasteiger charge is -2.13. The van der Waals surface area contributed by atoms with Crippen LogP contribution in [0.4, 0.5) is 26.3 Å². The number of carbonyl (C=O) groups excluding carboxylic acids is 1. The molecule has 164 valence electrons. The van der Waals surface area contributed by atoms with Crippen molar-refractivity contribution in [2.75, 3.05) is 0 Å². The van der Waals surface area contributed by atoms with Gasteiger partial charge in [0.1, 0.15) is 11.9 Å². The second-order valence-corrected chi connectivity index (χ2v) is 7.40. The normalized spacial score (nSPS) is 13.6. The molecule has 0 saturated carbocycles. The van der Waals surface area contributed by atoms with Gasteiger partial charge < -0.3 is 9.67 Å². The zero-order valence-corrected chi connectivity index (χ0v) is 16.3. The number of carbonyl (C=O) groups is 2. The van der Waals surface area contributed by atoms with Gasteiger partial charge >= 0.3 is 12.1 Å². The fourth-order valence-corrected chi connectivity index (χ4v) is 3.99. The summed E-state index contributed by atoms with van der Waals surface area (Å²) in [6.07, 6.45) is -4.94. The highest BCUT2D eigenvalue weighted by molar-refractivity contribution is 7.16. The van der Waals surface area contributed by atoms with Crippen molar-refractivity contribution in [1.82, 2.24) is 4.57 Å². The zero-order valence-electron chi connectivity index (χ0n) is 15.5. The summed E-state index contributed by atoms with van der Waals surface area (Å²) in [4.78, 5) is 27.5. The monoisotopic (exact) mass is 462 g/mol. The SMILES string of the molecule is CCC(C(=O)O)n1c(=NC(=O)c2cc(F)cc(C(F)(F)F)c2)sc2cc(F)c(F)cc21. The molecule has 0 aliphatic heterocycles. The first-order valence-electron chi connectivity index (χ1n) is 8.62. The lowest BCUT2D eigenvalue weighted by atomic mass is 10.1. The highest BCUT2D eigenvalue weighted by Crippen LogP contribution is 2.31. The minimum atomic E-state index is -4.92. The van der Waals surface area contributed by atoms with Crippen LogP contribution in [0.3, 0.4) is 0 Å². The van der Waals surface area contributed by atoms with E-state index in [1.807, 2.05) is 0 Å². The summed E-state index contributed by atoms with van der Waals surface area (Å²) in [7, 11) is 0. The maximum Gasteiger partial charge on any atom is 0.416 e. The number of hydrogen-bond donors (Lipinski definition) is 1. The summed E-state index contributed by atoms with van der Waals surface area (Å²) in [5.74, 6) is -6.45. The van der Waals surface area contributed by atoms with Crippen LogP contribution in [0, 0.1) is 17.5 Å². The maximum atomic E-state index is 13.8. The van der Waals surface area contributed by atoms with Crippen LogP contribution in [0.25, 0.3) is 10.2 Å². The molecular weight excluding hydrogens is 450 g/mol. The number of thiazole rings is 1. The summed E-state index contributed by atoms with van der Waals surface area (Å²) < 4.78 is 80.8. The van der Waals surface area contributed by atoms with Gasteiger partial charge in [-0.25, -0.2) is 18.0 Å². The van der Waals surface area contributed by atoms with E-state index in [9.17, 15) is 41.0 Å². The van der Waals surface area contributed by atoms with Crippen LogP contribution in [0.5, 0.6) is 0 Å². The molecule has 31 heavy (non-hydrogen) atoms. The number of halogens is 6. The Hall–Kier alpha value is -3.15. The Kier molecular flexibility index (Phi) is 5.94. The fourth-order valence-electron chi connectivity index (χ4n) is 2.91. The van der Waals surface area contributed by atoms with Gasteiger partial charge in [0, 0.05) is 11.6 Å². The van der Waals surface area contributed by atoms with Crippen molar-refractivity contribution in [1.29, 1.82) is 0 Å². The van der Waals surface area contributed by atoms with Crippen molar-refractivity contribution in [3.05, 3.63) is 63.7 Å². The molecular formula is C19H12F6N2O3S. The first kappa shape index (κ1) is 22.5. The van der Waals surface area contributed by atoms with Crippen LogP contribution in [0.15, 0.2) is 35.3 Å². The van der Waals surface area contributed by atoms with Gasteiger partial charge in [-0.05, 0) is 30.7 Å². The molecule has 3 rings (SSSR count). The predicted molar refractivity (Wildman–Crippen MR) is 98.0 cm³/mol. The number of rotatable bonds is 4. The average molecular weight is 462 g/mol. The van der Waals surface area contributed by atoms with Crippen LogP contribution in [0.2, 0.25) is 0 Å². The van der Waals surface area contributed by atoms with Gasteiger partial charge in [-0.15, -0.1) is 0 Å². The standard InChI is InChI=1S/C19H12F6N2O3S/c1-2-13(17(29)30)27-14-6-11(21)12(22)7-15(14)31-18(27)26-16(28)8-3-9(19(23,24)25)5-10(20)4-8/h3-7,13H,2H2,1H3,(H,29,30). The molecule has 0 aliphatic carbocycles. The fraction of sp³-hybridized carbons (Fsp3) is 0.211. The Labute approximate surface area is 173 Å². The average Bonchev–Trinajstić information content (AvgIpc) is 2.98. The van der Waals surface area contributed by atoms with E-state index in [1.54, 1.807) is 0 Å². The number of fused-ring (bicyclic) bond motifs is 1. The summed E-state index contributed by atoms with van der Waals surface area (Å²) in [6, 6.07) is 1.35. The molecule has 1 atom stereocenters. The van der Waals surface area contributed by atoms with E-state index < -0.39 is 52.7 Å². The van der Waals surface area contributed by atoms with Crippen molar-refractivity contribution in [2.45, 2.75) is 25.6 Å². The Morgan fingerprint density at radius 2 is 1.74 bits per heavy atom. The second-order valence-electron chi connectivity index (χ2n) is 6.39. The lowest BCUT2D eigenvalue weighted by molar-refractivity contribution is -0.141. The van der Waals surface area contributed by atoms with Gasteiger partial charge in [0.05, 0.1) is 15.8 Å². The van der Waals surface area contributed by atoms with E-state index in [0.29, 0.717) is 23.5 Å².